The maximum atomic E-state index is 13.0. The molecule has 1 aliphatic heterocycles. The summed E-state index contributed by atoms with van der Waals surface area (Å²) in [6, 6.07) is 10.4. The number of benzene rings is 1. The van der Waals surface area contributed by atoms with E-state index in [9.17, 15) is 4.39 Å². The molecule has 0 atom stereocenters. The Bertz CT molecular complexity index is 738. The molecule has 3 rings (SSSR count). The molecule has 1 aromatic carbocycles. The van der Waals surface area contributed by atoms with Crippen LogP contribution in [0.1, 0.15) is 11.5 Å². The molecule has 3 N–H and O–H groups in total. The fourth-order valence-electron chi connectivity index (χ4n) is 2.74. The van der Waals surface area contributed by atoms with Gasteiger partial charge in [0, 0.05) is 31.9 Å². The van der Waals surface area contributed by atoms with Gasteiger partial charge in [0.15, 0.2) is 5.11 Å². The zero-order chi connectivity index (χ0) is 17.6. The van der Waals surface area contributed by atoms with Crippen LogP contribution in [-0.4, -0.2) is 42.4 Å². The molecule has 0 unspecified atom stereocenters. The average Bonchev–Trinajstić information content (AvgIpc) is 3.03. The number of anilines is 1. The van der Waals surface area contributed by atoms with Crippen molar-refractivity contribution in [2.75, 3.05) is 31.1 Å². The fourth-order valence-corrected chi connectivity index (χ4v) is 2.80. The van der Waals surface area contributed by atoms with Crippen LogP contribution in [0.3, 0.4) is 0 Å². The second-order valence-electron chi connectivity index (χ2n) is 5.78. The van der Waals surface area contributed by atoms with Crippen molar-refractivity contribution in [3.05, 3.63) is 53.7 Å². The largest absolute Gasteiger partial charge is 0.459 e. The van der Waals surface area contributed by atoms with Crippen LogP contribution in [0, 0.1) is 5.82 Å². The lowest BCUT2D eigenvalue weighted by molar-refractivity contribution is 0.230. The number of piperazine rings is 1. The van der Waals surface area contributed by atoms with Crippen LogP contribution < -0.4 is 16.1 Å². The molecule has 6 nitrogen and oxygen atoms in total. The van der Waals surface area contributed by atoms with Crippen LogP contribution in [0.15, 0.2) is 45.9 Å². The van der Waals surface area contributed by atoms with Gasteiger partial charge in [-0.1, -0.05) is 0 Å². The lowest BCUT2D eigenvalue weighted by Crippen LogP contribution is -2.45. The Morgan fingerprint density at radius 2 is 1.92 bits per heavy atom. The van der Waals surface area contributed by atoms with Gasteiger partial charge in [-0.05, 0) is 48.6 Å². The number of nitrogens with zero attached hydrogens (tertiary/aromatic N) is 3. The van der Waals surface area contributed by atoms with E-state index in [1.54, 1.807) is 0 Å². The van der Waals surface area contributed by atoms with E-state index >= 15 is 0 Å². The average molecular weight is 361 g/mol. The summed E-state index contributed by atoms with van der Waals surface area (Å²) in [6.45, 7) is 4.39. The van der Waals surface area contributed by atoms with Gasteiger partial charge in [0.05, 0.1) is 12.8 Å². The fraction of sp³-hybridized carbons (Fsp3) is 0.294. The molecule has 2 aromatic rings. The molecule has 0 spiro atoms. The van der Waals surface area contributed by atoms with E-state index in [1.165, 1.54) is 18.3 Å². The lowest BCUT2D eigenvalue weighted by atomic mass is 10.2. The van der Waals surface area contributed by atoms with Crippen LogP contribution >= 0.6 is 12.2 Å². The van der Waals surface area contributed by atoms with Crippen LogP contribution in [0.2, 0.25) is 0 Å². The number of hydrogen-bond donors (Lipinski definition) is 2. The second kappa shape index (κ2) is 8.09. The molecule has 8 heteroatoms. The smallest absolute Gasteiger partial charge is 0.184 e. The van der Waals surface area contributed by atoms with Crippen molar-refractivity contribution in [3.8, 4) is 0 Å². The number of nitrogens with two attached hydrogens (primary N) is 1. The lowest BCUT2D eigenvalue weighted by Gasteiger charge is -2.35. The summed E-state index contributed by atoms with van der Waals surface area (Å²) in [7, 11) is 0. The predicted molar refractivity (Wildman–Crippen MR) is 100 cm³/mol. The van der Waals surface area contributed by atoms with Gasteiger partial charge in [-0.3, -0.25) is 10.3 Å². The summed E-state index contributed by atoms with van der Waals surface area (Å²) in [4.78, 5) is 4.59. The predicted octanol–water partition coefficient (Wildman–Crippen LogP) is 1.91. The highest BCUT2D eigenvalue weighted by Crippen LogP contribution is 2.18. The van der Waals surface area contributed by atoms with Gasteiger partial charge < -0.3 is 15.1 Å². The Morgan fingerprint density at radius 3 is 2.60 bits per heavy atom. The summed E-state index contributed by atoms with van der Waals surface area (Å²) in [5.74, 6) is 1.32. The van der Waals surface area contributed by atoms with Crippen molar-refractivity contribution >= 4 is 29.2 Å². The van der Waals surface area contributed by atoms with E-state index in [0.29, 0.717) is 5.76 Å². The van der Waals surface area contributed by atoms with Crippen molar-refractivity contribution in [2.24, 2.45) is 10.8 Å². The standard InChI is InChI=1S/C17H20FN5OS/c18-13-1-3-14(4-2-13)23-9-7-22(8-10-23)12-16-6-5-15(24-16)11-20-21-17(19)25/h1-6,11H,7-10,12H2,(H3,19,21,25). The van der Waals surface area contributed by atoms with Crippen molar-refractivity contribution in [1.82, 2.24) is 10.3 Å². The number of halogens is 1. The number of nitrogens with one attached hydrogen (secondary N) is 1. The van der Waals surface area contributed by atoms with E-state index < -0.39 is 0 Å². The Kier molecular flexibility index (Phi) is 5.62. The topological polar surface area (TPSA) is 70.0 Å². The molecule has 1 aromatic heterocycles. The quantitative estimate of drug-likeness (QED) is 0.482. The van der Waals surface area contributed by atoms with Gasteiger partial charge in [0.25, 0.3) is 0 Å². The minimum atomic E-state index is -0.206. The summed E-state index contributed by atoms with van der Waals surface area (Å²) >= 11 is 4.67. The van der Waals surface area contributed by atoms with Crippen molar-refractivity contribution in [1.29, 1.82) is 0 Å². The monoisotopic (exact) mass is 361 g/mol. The van der Waals surface area contributed by atoms with Gasteiger partial charge in [-0.2, -0.15) is 5.10 Å². The molecule has 132 valence electrons. The zero-order valence-corrected chi connectivity index (χ0v) is 14.5. The third-order valence-electron chi connectivity index (χ3n) is 3.99. The molecule has 25 heavy (non-hydrogen) atoms. The zero-order valence-electron chi connectivity index (χ0n) is 13.7. The molecule has 0 amide bonds. The van der Waals surface area contributed by atoms with E-state index in [1.807, 2.05) is 24.3 Å². The molecule has 2 heterocycles. The van der Waals surface area contributed by atoms with E-state index in [4.69, 9.17) is 10.2 Å². The minimum absolute atomic E-state index is 0.113. The Morgan fingerprint density at radius 1 is 1.20 bits per heavy atom. The van der Waals surface area contributed by atoms with Crippen LogP contribution in [0.4, 0.5) is 10.1 Å². The molecular weight excluding hydrogens is 341 g/mol. The van der Waals surface area contributed by atoms with Crippen molar-refractivity contribution < 1.29 is 8.81 Å². The number of thiocarbonyl (C=S) groups is 1. The molecule has 1 aliphatic rings. The first kappa shape index (κ1) is 17.4. The first-order valence-corrected chi connectivity index (χ1v) is 8.41. The molecule has 0 saturated carbocycles. The Labute approximate surface area is 151 Å². The molecule has 0 radical (unpaired) electrons. The minimum Gasteiger partial charge on any atom is -0.459 e. The summed E-state index contributed by atoms with van der Waals surface area (Å²) < 4.78 is 18.7. The molecule has 1 fully saturated rings. The van der Waals surface area contributed by atoms with E-state index in [0.717, 1.165) is 44.2 Å². The van der Waals surface area contributed by atoms with Crippen LogP contribution in [-0.2, 0) is 6.54 Å². The van der Waals surface area contributed by atoms with Crippen LogP contribution in [0.25, 0.3) is 0 Å². The first-order valence-electron chi connectivity index (χ1n) is 8.00. The molecule has 0 aliphatic carbocycles. The maximum Gasteiger partial charge on any atom is 0.184 e. The second-order valence-corrected chi connectivity index (χ2v) is 6.22. The van der Waals surface area contributed by atoms with Gasteiger partial charge >= 0.3 is 0 Å². The first-order chi connectivity index (χ1) is 12.1. The van der Waals surface area contributed by atoms with E-state index in [-0.39, 0.29) is 10.9 Å². The number of hydrazone groups is 1. The molecular formula is C17H20FN5OS. The Hall–Kier alpha value is -2.45. The van der Waals surface area contributed by atoms with Crippen molar-refractivity contribution in [3.63, 3.8) is 0 Å². The summed E-state index contributed by atoms with van der Waals surface area (Å²) in [5.41, 5.74) is 8.84. The highest BCUT2D eigenvalue weighted by molar-refractivity contribution is 7.80. The summed E-state index contributed by atoms with van der Waals surface area (Å²) in [6.07, 6.45) is 1.54. The third-order valence-corrected chi connectivity index (χ3v) is 4.08. The normalized spacial score (nSPS) is 15.6. The molecule has 0 bridgehead atoms. The maximum absolute atomic E-state index is 13.0. The highest BCUT2D eigenvalue weighted by Gasteiger charge is 2.18. The van der Waals surface area contributed by atoms with Gasteiger partial charge in [-0.15, -0.1) is 0 Å². The number of furan rings is 1. The summed E-state index contributed by atoms with van der Waals surface area (Å²) in [5, 5.41) is 3.98. The SMILES string of the molecule is NC(=S)NN=Cc1ccc(CN2CCN(c3ccc(F)cc3)CC2)o1. The van der Waals surface area contributed by atoms with Crippen molar-refractivity contribution in [2.45, 2.75) is 6.54 Å². The van der Waals surface area contributed by atoms with Gasteiger partial charge in [0.2, 0.25) is 0 Å². The van der Waals surface area contributed by atoms with E-state index in [2.05, 4.69) is 32.5 Å². The highest BCUT2D eigenvalue weighted by atomic mass is 32.1. The molecule has 1 saturated heterocycles. The number of hydrogen-bond acceptors (Lipinski definition) is 5. The number of rotatable bonds is 5. The van der Waals surface area contributed by atoms with Gasteiger partial charge in [-0.25, -0.2) is 4.39 Å². The van der Waals surface area contributed by atoms with Gasteiger partial charge in [0.1, 0.15) is 17.3 Å². The third kappa shape index (κ3) is 5.01. The van der Waals surface area contributed by atoms with Crippen LogP contribution in [0.5, 0.6) is 0 Å². The Balaban J connectivity index is 1.49.